The number of aromatic hydroxyl groups is 1. The first kappa shape index (κ1) is 13.1. The quantitative estimate of drug-likeness (QED) is 0.693. The van der Waals surface area contributed by atoms with Crippen molar-refractivity contribution in [1.82, 2.24) is 0 Å². The lowest BCUT2D eigenvalue weighted by Gasteiger charge is -2.13. The second-order valence-electron chi connectivity index (χ2n) is 4.66. The molecular formula is C15H12N2O4. The standard InChI is InChI=1S/C15H12N2O4/c18-12-9-5-4-8-11(12)15-14(17(19)20)13(16-21-15)10-6-2-1-3-7-10/h1-9,14-15,18H/t14-,15+/m0/s1. The van der Waals surface area contributed by atoms with Crippen molar-refractivity contribution in [3.8, 4) is 5.75 Å². The molecule has 0 saturated heterocycles. The van der Waals surface area contributed by atoms with E-state index in [1.807, 2.05) is 6.07 Å². The minimum absolute atomic E-state index is 0.0427. The molecular weight excluding hydrogens is 272 g/mol. The highest BCUT2D eigenvalue weighted by Gasteiger charge is 2.46. The highest BCUT2D eigenvalue weighted by Crippen LogP contribution is 2.35. The minimum atomic E-state index is -1.15. The number of nitro groups is 1. The lowest BCUT2D eigenvalue weighted by molar-refractivity contribution is -0.512. The first-order valence-corrected chi connectivity index (χ1v) is 6.39. The van der Waals surface area contributed by atoms with Crippen LogP contribution in [-0.4, -0.2) is 21.8 Å². The Hall–Kier alpha value is -2.89. The van der Waals surface area contributed by atoms with Crippen molar-refractivity contribution in [2.45, 2.75) is 12.1 Å². The van der Waals surface area contributed by atoms with E-state index < -0.39 is 17.1 Å². The fourth-order valence-corrected chi connectivity index (χ4v) is 2.37. The van der Waals surface area contributed by atoms with E-state index in [4.69, 9.17) is 4.84 Å². The van der Waals surface area contributed by atoms with Gasteiger partial charge in [0, 0.05) is 16.1 Å². The van der Waals surface area contributed by atoms with E-state index in [-0.39, 0.29) is 11.5 Å². The molecule has 1 heterocycles. The van der Waals surface area contributed by atoms with Crippen LogP contribution in [0.25, 0.3) is 0 Å². The molecule has 6 heteroatoms. The fraction of sp³-hybridized carbons (Fsp3) is 0.133. The maximum Gasteiger partial charge on any atom is 0.301 e. The van der Waals surface area contributed by atoms with Gasteiger partial charge in [-0.3, -0.25) is 10.1 Å². The number of phenolic OH excluding ortho intramolecular Hbond substituents is 1. The molecule has 0 unspecified atom stereocenters. The van der Waals surface area contributed by atoms with Crippen LogP contribution < -0.4 is 0 Å². The minimum Gasteiger partial charge on any atom is -0.508 e. The van der Waals surface area contributed by atoms with Gasteiger partial charge < -0.3 is 9.94 Å². The SMILES string of the molecule is O=[N+]([O-])[C@H]1C(c2ccccc2)=NO[C@@H]1c1ccccc1O. The predicted molar refractivity (Wildman–Crippen MR) is 75.7 cm³/mol. The van der Waals surface area contributed by atoms with Crippen molar-refractivity contribution >= 4 is 5.71 Å². The normalized spacial score (nSPS) is 20.7. The Balaban J connectivity index is 2.00. The molecule has 0 saturated carbocycles. The van der Waals surface area contributed by atoms with Crippen LogP contribution in [0.1, 0.15) is 17.2 Å². The second-order valence-corrected chi connectivity index (χ2v) is 4.66. The van der Waals surface area contributed by atoms with Crippen LogP contribution in [0.15, 0.2) is 59.8 Å². The molecule has 0 radical (unpaired) electrons. The topological polar surface area (TPSA) is 85.0 Å². The van der Waals surface area contributed by atoms with Gasteiger partial charge in [0.1, 0.15) is 5.75 Å². The Morgan fingerprint density at radius 2 is 1.76 bits per heavy atom. The molecule has 2 aromatic rings. The zero-order chi connectivity index (χ0) is 14.8. The Bertz CT molecular complexity index is 700. The van der Waals surface area contributed by atoms with E-state index in [0.29, 0.717) is 11.1 Å². The van der Waals surface area contributed by atoms with Crippen LogP contribution in [0.4, 0.5) is 0 Å². The Kier molecular flexibility index (Phi) is 3.27. The molecule has 0 aliphatic carbocycles. The van der Waals surface area contributed by atoms with Gasteiger partial charge in [-0.25, -0.2) is 0 Å². The van der Waals surface area contributed by atoms with E-state index in [0.717, 1.165) is 0 Å². The third-order valence-electron chi connectivity index (χ3n) is 3.37. The number of oxime groups is 1. The van der Waals surface area contributed by atoms with Crippen LogP contribution in [0.3, 0.4) is 0 Å². The molecule has 0 bridgehead atoms. The van der Waals surface area contributed by atoms with E-state index in [1.54, 1.807) is 42.5 Å². The molecule has 2 aromatic carbocycles. The molecule has 0 aromatic heterocycles. The summed E-state index contributed by atoms with van der Waals surface area (Å²) in [5, 5.41) is 25.2. The molecule has 1 N–H and O–H groups in total. The van der Waals surface area contributed by atoms with Crippen molar-refractivity contribution in [1.29, 1.82) is 0 Å². The van der Waals surface area contributed by atoms with Crippen molar-refractivity contribution < 1.29 is 14.9 Å². The number of hydrogen-bond acceptors (Lipinski definition) is 5. The summed E-state index contributed by atoms with van der Waals surface area (Å²) in [6.07, 6.45) is -0.934. The lowest BCUT2D eigenvalue weighted by Crippen LogP contribution is -2.32. The van der Waals surface area contributed by atoms with Crippen molar-refractivity contribution in [2.24, 2.45) is 5.16 Å². The van der Waals surface area contributed by atoms with E-state index >= 15 is 0 Å². The van der Waals surface area contributed by atoms with Gasteiger partial charge >= 0.3 is 6.04 Å². The summed E-state index contributed by atoms with van der Waals surface area (Å²) < 4.78 is 0. The van der Waals surface area contributed by atoms with Gasteiger partial charge in [0.25, 0.3) is 0 Å². The number of benzene rings is 2. The summed E-state index contributed by atoms with van der Waals surface area (Å²) in [4.78, 5) is 16.3. The number of phenols is 1. The second kappa shape index (κ2) is 5.24. The lowest BCUT2D eigenvalue weighted by atomic mass is 9.95. The zero-order valence-electron chi connectivity index (χ0n) is 10.9. The summed E-state index contributed by atoms with van der Waals surface area (Å²) in [6, 6.07) is 14.1. The summed E-state index contributed by atoms with van der Waals surface area (Å²) in [5.74, 6) is -0.0427. The van der Waals surface area contributed by atoms with Gasteiger partial charge in [-0.15, -0.1) is 0 Å². The van der Waals surface area contributed by atoms with Crippen molar-refractivity contribution in [3.05, 3.63) is 75.8 Å². The van der Waals surface area contributed by atoms with Gasteiger partial charge in [-0.1, -0.05) is 53.7 Å². The molecule has 0 fully saturated rings. The molecule has 106 valence electrons. The Morgan fingerprint density at radius 1 is 1.10 bits per heavy atom. The van der Waals surface area contributed by atoms with Gasteiger partial charge in [0.05, 0.1) is 0 Å². The highest BCUT2D eigenvalue weighted by atomic mass is 16.7. The van der Waals surface area contributed by atoms with Gasteiger partial charge in [0.2, 0.25) is 6.10 Å². The molecule has 0 amide bonds. The van der Waals surface area contributed by atoms with Crippen LogP contribution >= 0.6 is 0 Å². The number of para-hydroxylation sites is 1. The molecule has 6 nitrogen and oxygen atoms in total. The predicted octanol–water partition coefficient (Wildman–Crippen LogP) is 2.51. The fourth-order valence-electron chi connectivity index (χ4n) is 2.37. The molecule has 1 aliphatic rings. The van der Waals surface area contributed by atoms with Gasteiger partial charge in [-0.2, -0.15) is 0 Å². The number of hydrogen-bond donors (Lipinski definition) is 1. The first-order chi connectivity index (χ1) is 10.2. The third-order valence-corrected chi connectivity index (χ3v) is 3.37. The van der Waals surface area contributed by atoms with Gasteiger partial charge in [-0.05, 0) is 6.07 Å². The zero-order valence-corrected chi connectivity index (χ0v) is 10.9. The number of nitrogens with zero attached hydrogens (tertiary/aromatic N) is 2. The summed E-state index contributed by atoms with van der Waals surface area (Å²) in [5.41, 5.74) is 1.25. The van der Waals surface area contributed by atoms with E-state index in [2.05, 4.69) is 5.16 Å². The smallest absolute Gasteiger partial charge is 0.301 e. The molecule has 3 rings (SSSR count). The van der Waals surface area contributed by atoms with Crippen LogP contribution in [-0.2, 0) is 4.84 Å². The molecule has 21 heavy (non-hydrogen) atoms. The monoisotopic (exact) mass is 284 g/mol. The average molecular weight is 284 g/mol. The molecule has 1 aliphatic heterocycles. The summed E-state index contributed by atoms with van der Waals surface area (Å²) in [7, 11) is 0. The van der Waals surface area contributed by atoms with Crippen LogP contribution in [0, 0.1) is 10.1 Å². The summed E-state index contributed by atoms with van der Waals surface area (Å²) >= 11 is 0. The molecule has 0 spiro atoms. The number of rotatable bonds is 3. The summed E-state index contributed by atoms with van der Waals surface area (Å²) in [6.45, 7) is 0. The Morgan fingerprint density at radius 3 is 2.43 bits per heavy atom. The van der Waals surface area contributed by atoms with Crippen LogP contribution in [0.2, 0.25) is 0 Å². The Labute approximate surface area is 120 Å². The maximum atomic E-state index is 11.4. The first-order valence-electron chi connectivity index (χ1n) is 6.39. The molecule has 2 atom stereocenters. The maximum absolute atomic E-state index is 11.4. The van der Waals surface area contributed by atoms with E-state index in [9.17, 15) is 15.2 Å². The van der Waals surface area contributed by atoms with Crippen molar-refractivity contribution in [3.63, 3.8) is 0 Å². The van der Waals surface area contributed by atoms with Crippen molar-refractivity contribution in [2.75, 3.05) is 0 Å². The average Bonchev–Trinajstić information content (AvgIpc) is 2.93. The largest absolute Gasteiger partial charge is 0.508 e. The highest BCUT2D eigenvalue weighted by molar-refractivity contribution is 6.04. The van der Waals surface area contributed by atoms with Gasteiger partial charge in [0.15, 0.2) is 5.71 Å². The third kappa shape index (κ3) is 2.31. The van der Waals surface area contributed by atoms with E-state index in [1.165, 1.54) is 6.07 Å². The van der Waals surface area contributed by atoms with Crippen LogP contribution in [0.5, 0.6) is 5.75 Å².